The van der Waals surface area contributed by atoms with Gasteiger partial charge in [-0.2, -0.15) is 0 Å². The molecule has 0 aliphatic carbocycles. The topological polar surface area (TPSA) is 99.4 Å². The van der Waals surface area contributed by atoms with Gasteiger partial charge < -0.3 is 4.74 Å². The van der Waals surface area contributed by atoms with Crippen LogP contribution in [0.2, 0.25) is 0 Å². The number of pyridine rings is 1. The molecule has 0 atom stereocenters. The van der Waals surface area contributed by atoms with Crippen LogP contribution in [-0.4, -0.2) is 28.3 Å². The minimum atomic E-state index is -0.650. The average Bonchev–Trinajstić information content (AvgIpc) is 2.66. The normalized spacial score (nSPS) is 10.7. The number of Topliss-reactive ketones (excluding diaryl/α,β-unsaturated/α-hetero) is 1. The van der Waals surface area contributed by atoms with Crippen molar-refractivity contribution in [3.63, 3.8) is 0 Å². The number of carbonyl (C=O) groups is 2. The Balaban J connectivity index is 1.81. The zero-order valence-electron chi connectivity index (χ0n) is 15.7. The van der Waals surface area contributed by atoms with E-state index in [9.17, 15) is 19.7 Å². The van der Waals surface area contributed by atoms with E-state index in [1.54, 1.807) is 20.8 Å². The summed E-state index contributed by atoms with van der Waals surface area (Å²) in [4.78, 5) is 39.8. The molecular formula is C21H18N2O5. The van der Waals surface area contributed by atoms with Gasteiger partial charge in [0.05, 0.1) is 21.7 Å². The van der Waals surface area contributed by atoms with Crippen LogP contribution in [0.4, 0.5) is 5.69 Å². The van der Waals surface area contributed by atoms with Crippen molar-refractivity contribution in [1.82, 2.24) is 4.98 Å². The molecule has 1 aromatic heterocycles. The Morgan fingerprint density at radius 3 is 2.54 bits per heavy atom. The molecule has 0 aliphatic heterocycles. The van der Waals surface area contributed by atoms with E-state index >= 15 is 0 Å². The van der Waals surface area contributed by atoms with E-state index in [2.05, 4.69) is 4.98 Å². The quantitative estimate of drug-likeness (QED) is 0.287. The predicted molar refractivity (Wildman–Crippen MR) is 104 cm³/mol. The maximum Gasteiger partial charge on any atom is 0.340 e. The molecule has 7 heteroatoms. The molecule has 0 saturated heterocycles. The maximum absolute atomic E-state index is 12.6. The number of nitro benzene ring substituents is 1. The molecule has 0 spiro atoms. The van der Waals surface area contributed by atoms with Crippen molar-refractivity contribution in [2.45, 2.75) is 20.8 Å². The summed E-state index contributed by atoms with van der Waals surface area (Å²) in [6, 6.07) is 11.6. The molecule has 0 amide bonds. The van der Waals surface area contributed by atoms with E-state index in [1.165, 1.54) is 18.2 Å². The summed E-state index contributed by atoms with van der Waals surface area (Å²) in [5.41, 5.74) is 2.76. The second kappa shape index (κ2) is 7.56. The van der Waals surface area contributed by atoms with Crippen LogP contribution >= 0.6 is 0 Å². The number of ketones is 1. The van der Waals surface area contributed by atoms with Gasteiger partial charge in [-0.15, -0.1) is 0 Å². The molecule has 0 radical (unpaired) electrons. The zero-order chi connectivity index (χ0) is 20.4. The molecule has 28 heavy (non-hydrogen) atoms. The molecule has 3 aromatic rings. The van der Waals surface area contributed by atoms with E-state index < -0.39 is 23.3 Å². The van der Waals surface area contributed by atoms with Gasteiger partial charge in [0.2, 0.25) is 5.78 Å². The lowest BCUT2D eigenvalue weighted by molar-refractivity contribution is -0.385. The molecule has 0 bridgehead atoms. The average molecular weight is 378 g/mol. The molecule has 0 fully saturated rings. The number of fused-ring (bicyclic) bond motifs is 1. The van der Waals surface area contributed by atoms with Gasteiger partial charge in [0, 0.05) is 22.6 Å². The third kappa shape index (κ3) is 3.59. The highest BCUT2D eigenvalue weighted by Crippen LogP contribution is 2.23. The van der Waals surface area contributed by atoms with E-state index in [4.69, 9.17) is 4.74 Å². The molecule has 1 heterocycles. The summed E-state index contributed by atoms with van der Waals surface area (Å²) in [5, 5.41) is 11.9. The molecule has 142 valence electrons. The van der Waals surface area contributed by atoms with Crippen molar-refractivity contribution in [2.75, 3.05) is 6.61 Å². The first kappa shape index (κ1) is 19.2. The van der Waals surface area contributed by atoms with Crippen LogP contribution in [0.1, 0.15) is 37.5 Å². The van der Waals surface area contributed by atoms with Crippen LogP contribution in [0, 0.1) is 30.9 Å². The first-order valence-corrected chi connectivity index (χ1v) is 8.61. The first-order valence-electron chi connectivity index (χ1n) is 8.61. The molecule has 3 rings (SSSR count). The van der Waals surface area contributed by atoms with Crippen molar-refractivity contribution in [3.8, 4) is 0 Å². The number of benzene rings is 2. The van der Waals surface area contributed by atoms with Crippen LogP contribution in [0.3, 0.4) is 0 Å². The molecule has 0 unspecified atom stereocenters. The number of aromatic nitrogens is 1. The summed E-state index contributed by atoms with van der Waals surface area (Å²) in [6.07, 6.45) is 0. The smallest absolute Gasteiger partial charge is 0.340 e. The maximum atomic E-state index is 12.6. The third-order valence-electron chi connectivity index (χ3n) is 4.60. The van der Waals surface area contributed by atoms with Gasteiger partial charge in [0.25, 0.3) is 5.69 Å². The summed E-state index contributed by atoms with van der Waals surface area (Å²) in [7, 11) is 0. The Labute approximate surface area is 161 Å². The first-order chi connectivity index (χ1) is 13.3. The fourth-order valence-corrected chi connectivity index (χ4v) is 3.10. The van der Waals surface area contributed by atoms with Crippen molar-refractivity contribution < 1.29 is 19.2 Å². The highest BCUT2D eigenvalue weighted by molar-refractivity contribution is 6.02. The second-order valence-electron chi connectivity index (χ2n) is 6.47. The number of para-hydroxylation sites is 1. The lowest BCUT2D eigenvalue weighted by Crippen LogP contribution is -2.17. The number of hydrogen-bond donors (Lipinski definition) is 0. The Morgan fingerprint density at radius 1 is 1.11 bits per heavy atom. The predicted octanol–water partition coefficient (Wildman–Crippen LogP) is 4.11. The Bertz CT molecular complexity index is 1120. The molecule has 7 nitrogen and oxygen atoms in total. The lowest BCUT2D eigenvalue weighted by Gasteiger charge is -2.12. The molecule has 0 saturated carbocycles. The van der Waals surface area contributed by atoms with Crippen molar-refractivity contribution in [2.24, 2.45) is 0 Å². The summed E-state index contributed by atoms with van der Waals surface area (Å²) in [5.74, 6) is -1.16. The van der Waals surface area contributed by atoms with Gasteiger partial charge in [0.15, 0.2) is 6.61 Å². The minimum Gasteiger partial charge on any atom is -0.454 e. The van der Waals surface area contributed by atoms with Crippen LogP contribution < -0.4 is 0 Å². The van der Waals surface area contributed by atoms with Crippen molar-refractivity contribution in [3.05, 3.63) is 80.5 Å². The number of aryl methyl sites for hydroxylation is 3. The lowest BCUT2D eigenvalue weighted by atomic mass is 10.0. The summed E-state index contributed by atoms with van der Waals surface area (Å²) >= 11 is 0. The monoisotopic (exact) mass is 378 g/mol. The van der Waals surface area contributed by atoms with Crippen molar-refractivity contribution in [1.29, 1.82) is 0 Å². The highest BCUT2D eigenvalue weighted by Gasteiger charge is 2.20. The van der Waals surface area contributed by atoms with E-state index in [1.807, 2.05) is 24.3 Å². The van der Waals surface area contributed by atoms with Crippen LogP contribution in [0.5, 0.6) is 0 Å². The standard InChI is InChI=1S/C21H18N2O5/c1-12-8-9-15(10-18(12)23(26)27)19(24)11-28-21(25)20-13(2)16-6-4-5-7-17(16)22-14(20)3/h4-10H,11H2,1-3H3. The summed E-state index contributed by atoms with van der Waals surface area (Å²) < 4.78 is 5.19. The van der Waals surface area contributed by atoms with Gasteiger partial charge in [0.1, 0.15) is 0 Å². The molecule has 0 aliphatic rings. The second-order valence-corrected chi connectivity index (χ2v) is 6.47. The van der Waals surface area contributed by atoms with E-state index in [-0.39, 0.29) is 11.3 Å². The Hall–Kier alpha value is -3.61. The zero-order valence-corrected chi connectivity index (χ0v) is 15.7. The number of nitrogens with zero attached hydrogens (tertiary/aromatic N) is 2. The van der Waals surface area contributed by atoms with Gasteiger partial charge in [-0.05, 0) is 32.4 Å². The van der Waals surface area contributed by atoms with Crippen LogP contribution in [-0.2, 0) is 4.74 Å². The minimum absolute atomic E-state index is 0.121. The van der Waals surface area contributed by atoms with Crippen LogP contribution in [0.15, 0.2) is 42.5 Å². The summed E-state index contributed by atoms with van der Waals surface area (Å²) in [6.45, 7) is 4.59. The van der Waals surface area contributed by atoms with E-state index in [0.29, 0.717) is 16.8 Å². The number of esters is 1. The molecule has 2 aromatic carbocycles. The van der Waals surface area contributed by atoms with Crippen LogP contribution in [0.25, 0.3) is 10.9 Å². The van der Waals surface area contributed by atoms with E-state index in [0.717, 1.165) is 16.5 Å². The molecular weight excluding hydrogens is 360 g/mol. The SMILES string of the molecule is Cc1ccc(C(=O)COC(=O)c2c(C)nc3ccccc3c2C)cc1[N+](=O)[O-]. The molecule has 0 N–H and O–H groups in total. The number of rotatable bonds is 5. The fourth-order valence-electron chi connectivity index (χ4n) is 3.10. The van der Waals surface area contributed by atoms with Crippen molar-refractivity contribution >= 4 is 28.3 Å². The number of carbonyl (C=O) groups excluding carboxylic acids is 2. The van der Waals surface area contributed by atoms with Gasteiger partial charge in [-0.1, -0.05) is 30.3 Å². The Morgan fingerprint density at radius 2 is 1.82 bits per heavy atom. The number of hydrogen-bond acceptors (Lipinski definition) is 6. The van der Waals surface area contributed by atoms with Gasteiger partial charge in [-0.25, -0.2) is 4.79 Å². The number of nitro groups is 1. The largest absolute Gasteiger partial charge is 0.454 e. The fraction of sp³-hybridized carbons (Fsp3) is 0.190. The van der Waals surface area contributed by atoms with Gasteiger partial charge in [-0.3, -0.25) is 19.9 Å². The van der Waals surface area contributed by atoms with Gasteiger partial charge >= 0.3 is 5.97 Å². The number of ether oxygens (including phenoxy) is 1. The Kier molecular flexibility index (Phi) is 5.17. The highest BCUT2D eigenvalue weighted by atomic mass is 16.6. The third-order valence-corrected chi connectivity index (χ3v) is 4.60.